The number of rotatable bonds is 2. The summed E-state index contributed by atoms with van der Waals surface area (Å²) >= 11 is 6.48. The number of anilines is 1. The summed E-state index contributed by atoms with van der Waals surface area (Å²) in [4.78, 5) is 5.83. The molecule has 3 nitrogen and oxygen atoms in total. The third kappa shape index (κ3) is 2.98. The van der Waals surface area contributed by atoms with Crippen LogP contribution in [0, 0.1) is 11.3 Å². The predicted molar refractivity (Wildman–Crippen MR) is 63.3 cm³/mol. The van der Waals surface area contributed by atoms with Gasteiger partial charge in [-0.3, -0.25) is 4.98 Å². The first-order chi connectivity index (χ1) is 6.75. The molecule has 1 aromatic heterocycles. The van der Waals surface area contributed by atoms with Crippen molar-refractivity contribution in [2.75, 3.05) is 17.7 Å². The quantitative estimate of drug-likeness (QED) is 0.718. The standard InChI is InChI=1S/C9H9N3S2/c1-12(9(13)14-6-4-10)8-3-2-5-11-7-8/h2-3,5,7H,6H2,1H3. The van der Waals surface area contributed by atoms with Crippen LogP contribution < -0.4 is 4.90 Å². The lowest BCUT2D eigenvalue weighted by atomic mass is 10.4. The second-order valence-corrected chi connectivity index (χ2v) is 4.09. The van der Waals surface area contributed by atoms with E-state index in [9.17, 15) is 0 Å². The van der Waals surface area contributed by atoms with Gasteiger partial charge in [0.15, 0.2) is 0 Å². The molecule has 5 heteroatoms. The Morgan fingerprint density at radius 2 is 2.57 bits per heavy atom. The maximum absolute atomic E-state index is 8.41. The van der Waals surface area contributed by atoms with E-state index in [-0.39, 0.29) is 0 Å². The van der Waals surface area contributed by atoms with Crippen LogP contribution in [0.3, 0.4) is 0 Å². The van der Waals surface area contributed by atoms with Crippen LogP contribution in [-0.2, 0) is 0 Å². The Hall–Kier alpha value is -1.12. The van der Waals surface area contributed by atoms with Gasteiger partial charge < -0.3 is 4.90 Å². The SMILES string of the molecule is CN(C(=S)SCC#N)c1cccnc1. The molecule has 0 aliphatic rings. The van der Waals surface area contributed by atoms with E-state index in [4.69, 9.17) is 17.5 Å². The van der Waals surface area contributed by atoms with E-state index in [0.717, 1.165) is 5.69 Å². The van der Waals surface area contributed by atoms with Gasteiger partial charge in [-0.05, 0) is 12.1 Å². The maximum Gasteiger partial charge on any atom is 0.141 e. The zero-order valence-electron chi connectivity index (χ0n) is 7.67. The molecule has 0 fully saturated rings. The third-order valence-corrected chi connectivity index (χ3v) is 2.99. The largest absolute Gasteiger partial charge is 0.329 e. The summed E-state index contributed by atoms with van der Waals surface area (Å²) in [5, 5.41) is 8.41. The van der Waals surface area contributed by atoms with Crippen molar-refractivity contribution >= 4 is 34.0 Å². The molecule has 0 unspecified atom stereocenters. The van der Waals surface area contributed by atoms with Gasteiger partial charge in [-0.1, -0.05) is 24.0 Å². The molecule has 0 amide bonds. The zero-order chi connectivity index (χ0) is 10.4. The summed E-state index contributed by atoms with van der Waals surface area (Å²) < 4.78 is 0.680. The van der Waals surface area contributed by atoms with E-state index in [0.29, 0.717) is 10.1 Å². The monoisotopic (exact) mass is 223 g/mol. The molecule has 0 radical (unpaired) electrons. The second-order valence-electron chi connectivity index (χ2n) is 2.48. The van der Waals surface area contributed by atoms with Gasteiger partial charge in [-0.15, -0.1) is 0 Å². The van der Waals surface area contributed by atoms with Crippen molar-refractivity contribution in [1.29, 1.82) is 5.26 Å². The predicted octanol–water partition coefficient (Wildman–Crippen LogP) is 2.06. The minimum absolute atomic E-state index is 0.378. The van der Waals surface area contributed by atoms with Crippen molar-refractivity contribution in [3.8, 4) is 6.07 Å². The summed E-state index contributed by atoms with van der Waals surface area (Å²) in [6, 6.07) is 5.81. The van der Waals surface area contributed by atoms with Gasteiger partial charge in [0.05, 0.1) is 23.7 Å². The summed E-state index contributed by atoms with van der Waals surface area (Å²) in [5.41, 5.74) is 0.933. The van der Waals surface area contributed by atoms with Crippen LogP contribution in [0.15, 0.2) is 24.5 Å². The highest BCUT2D eigenvalue weighted by atomic mass is 32.2. The summed E-state index contributed by atoms with van der Waals surface area (Å²) in [5.74, 6) is 0.378. The molecule has 1 aromatic rings. The van der Waals surface area contributed by atoms with Crippen molar-refractivity contribution in [1.82, 2.24) is 4.98 Å². The number of nitriles is 1. The van der Waals surface area contributed by atoms with Gasteiger partial charge >= 0.3 is 0 Å². The van der Waals surface area contributed by atoms with Crippen LogP contribution in [0.25, 0.3) is 0 Å². The topological polar surface area (TPSA) is 39.9 Å². The van der Waals surface area contributed by atoms with Gasteiger partial charge in [0.1, 0.15) is 4.32 Å². The van der Waals surface area contributed by atoms with Gasteiger partial charge in [0.25, 0.3) is 0 Å². The molecular formula is C9H9N3S2. The molecule has 0 N–H and O–H groups in total. The average Bonchev–Trinajstić information content (AvgIpc) is 2.26. The molecule has 0 atom stereocenters. The molecule has 0 spiro atoms. The van der Waals surface area contributed by atoms with Crippen LogP contribution in [0.5, 0.6) is 0 Å². The van der Waals surface area contributed by atoms with E-state index in [1.165, 1.54) is 11.8 Å². The molecule has 0 bridgehead atoms. The Balaban J connectivity index is 2.62. The maximum atomic E-state index is 8.41. The van der Waals surface area contributed by atoms with Crippen molar-refractivity contribution in [2.24, 2.45) is 0 Å². The van der Waals surface area contributed by atoms with E-state index < -0.39 is 0 Å². The molecule has 1 rings (SSSR count). The Kier molecular flexibility index (Phi) is 4.36. The summed E-state index contributed by atoms with van der Waals surface area (Å²) in [6.45, 7) is 0. The Bertz CT molecular complexity index is 345. The number of pyridine rings is 1. The first-order valence-electron chi connectivity index (χ1n) is 3.93. The number of aromatic nitrogens is 1. The highest BCUT2D eigenvalue weighted by Crippen LogP contribution is 2.15. The van der Waals surface area contributed by atoms with Gasteiger partial charge in [0.2, 0.25) is 0 Å². The fourth-order valence-electron chi connectivity index (χ4n) is 0.848. The van der Waals surface area contributed by atoms with Gasteiger partial charge in [-0.25, -0.2) is 0 Å². The van der Waals surface area contributed by atoms with Crippen LogP contribution >= 0.6 is 24.0 Å². The lowest BCUT2D eigenvalue weighted by molar-refractivity contribution is 1.24. The molecule has 72 valence electrons. The first kappa shape index (κ1) is 11.0. The molecule has 0 aromatic carbocycles. The Morgan fingerprint density at radius 1 is 1.79 bits per heavy atom. The van der Waals surface area contributed by atoms with Crippen LogP contribution in [0.4, 0.5) is 5.69 Å². The normalized spacial score (nSPS) is 9.14. The first-order valence-corrected chi connectivity index (χ1v) is 5.32. The molecule has 0 saturated carbocycles. The van der Waals surface area contributed by atoms with E-state index in [2.05, 4.69) is 4.98 Å². The van der Waals surface area contributed by atoms with Gasteiger partial charge in [-0.2, -0.15) is 5.26 Å². The smallest absolute Gasteiger partial charge is 0.141 e. The van der Waals surface area contributed by atoms with Crippen molar-refractivity contribution in [3.05, 3.63) is 24.5 Å². The highest BCUT2D eigenvalue weighted by molar-refractivity contribution is 8.23. The average molecular weight is 223 g/mol. The molecular weight excluding hydrogens is 214 g/mol. The Labute approximate surface area is 92.7 Å². The third-order valence-electron chi connectivity index (χ3n) is 1.57. The number of thiocarbonyl (C=S) groups is 1. The van der Waals surface area contributed by atoms with Crippen molar-refractivity contribution in [2.45, 2.75) is 0 Å². The summed E-state index contributed by atoms with van der Waals surface area (Å²) in [7, 11) is 1.86. The van der Waals surface area contributed by atoms with Crippen molar-refractivity contribution < 1.29 is 0 Å². The number of thioether (sulfide) groups is 1. The van der Waals surface area contributed by atoms with E-state index in [1.807, 2.05) is 30.1 Å². The fraction of sp³-hybridized carbons (Fsp3) is 0.222. The molecule has 14 heavy (non-hydrogen) atoms. The lowest BCUT2D eigenvalue weighted by Gasteiger charge is -2.17. The lowest BCUT2D eigenvalue weighted by Crippen LogP contribution is -2.21. The minimum Gasteiger partial charge on any atom is -0.329 e. The molecule has 0 aliphatic heterocycles. The highest BCUT2D eigenvalue weighted by Gasteiger charge is 2.06. The van der Waals surface area contributed by atoms with E-state index >= 15 is 0 Å². The number of hydrogen-bond acceptors (Lipinski definition) is 4. The van der Waals surface area contributed by atoms with Crippen molar-refractivity contribution in [3.63, 3.8) is 0 Å². The second kappa shape index (κ2) is 5.58. The molecule has 1 heterocycles. The van der Waals surface area contributed by atoms with Crippen LogP contribution in [-0.4, -0.2) is 22.1 Å². The van der Waals surface area contributed by atoms with Crippen LogP contribution in [0.2, 0.25) is 0 Å². The van der Waals surface area contributed by atoms with E-state index in [1.54, 1.807) is 12.4 Å². The minimum atomic E-state index is 0.378. The molecule has 0 aliphatic carbocycles. The number of hydrogen-bond donors (Lipinski definition) is 0. The summed E-state index contributed by atoms with van der Waals surface area (Å²) in [6.07, 6.45) is 3.45. The van der Waals surface area contributed by atoms with Crippen LogP contribution in [0.1, 0.15) is 0 Å². The number of nitrogens with zero attached hydrogens (tertiary/aromatic N) is 3. The van der Waals surface area contributed by atoms with Gasteiger partial charge in [0, 0.05) is 13.2 Å². The Morgan fingerprint density at radius 3 is 3.14 bits per heavy atom. The molecule has 0 saturated heterocycles. The zero-order valence-corrected chi connectivity index (χ0v) is 9.31. The fourth-order valence-corrected chi connectivity index (χ4v) is 1.62.